The van der Waals surface area contributed by atoms with E-state index in [0.29, 0.717) is 29.2 Å². The highest BCUT2D eigenvalue weighted by molar-refractivity contribution is 5.69. The Bertz CT molecular complexity index is 665. The van der Waals surface area contributed by atoms with Crippen LogP contribution in [0.2, 0.25) is 0 Å². The van der Waals surface area contributed by atoms with Gasteiger partial charge in [-0.25, -0.2) is 4.39 Å². The van der Waals surface area contributed by atoms with Crippen molar-refractivity contribution in [3.63, 3.8) is 0 Å². The lowest BCUT2D eigenvalue weighted by molar-refractivity contribution is 0.321. The Kier molecular flexibility index (Phi) is 4.06. The molecule has 0 aliphatic heterocycles. The first-order chi connectivity index (χ1) is 9.63. The van der Waals surface area contributed by atoms with Crippen LogP contribution >= 0.6 is 0 Å². The molecule has 0 saturated carbocycles. The van der Waals surface area contributed by atoms with Crippen molar-refractivity contribution in [1.82, 2.24) is 0 Å². The number of ether oxygens (including phenoxy) is 1. The summed E-state index contributed by atoms with van der Waals surface area (Å²) in [5.41, 5.74) is 7.63. The number of halogens is 1. The van der Waals surface area contributed by atoms with Crippen LogP contribution in [0, 0.1) is 17.1 Å². The summed E-state index contributed by atoms with van der Waals surface area (Å²) in [5, 5.41) is 12.0. The van der Waals surface area contributed by atoms with E-state index in [0.717, 1.165) is 0 Å². The maximum Gasteiger partial charge on any atom is 0.167 e. The van der Waals surface area contributed by atoms with Crippen molar-refractivity contribution in [1.29, 1.82) is 5.26 Å². The van der Waals surface area contributed by atoms with Gasteiger partial charge in [-0.3, -0.25) is 0 Å². The average Bonchev–Trinajstić information content (AvgIpc) is 2.44. The SMILES string of the molecule is CCOc1ccc(Nc2ccc(N)cc2C#N)cc1F. The van der Waals surface area contributed by atoms with Crippen molar-refractivity contribution in [3.8, 4) is 11.8 Å². The molecule has 3 N–H and O–H groups in total. The minimum absolute atomic E-state index is 0.205. The number of nitrogens with zero attached hydrogens (tertiary/aromatic N) is 1. The minimum atomic E-state index is -0.453. The number of hydrogen-bond acceptors (Lipinski definition) is 4. The van der Waals surface area contributed by atoms with Crippen LogP contribution in [0.5, 0.6) is 5.75 Å². The van der Waals surface area contributed by atoms with Gasteiger partial charge in [0.05, 0.1) is 17.9 Å². The van der Waals surface area contributed by atoms with Crippen molar-refractivity contribution in [2.24, 2.45) is 0 Å². The van der Waals surface area contributed by atoms with Gasteiger partial charge in [-0.15, -0.1) is 0 Å². The molecule has 0 heterocycles. The second-order valence-corrected chi connectivity index (χ2v) is 4.12. The Labute approximate surface area is 116 Å². The number of benzene rings is 2. The number of hydrogen-bond donors (Lipinski definition) is 2. The molecule has 0 spiro atoms. The van der Waals surface area contributed by atoms with Crippen molar-refractivity contribution in [2.45, 2.75) is 6.92 Å². The van der Waals surface area contributed by atoms with Crippen LogP contribution in [0.4, 0.5) is 21.5 Å². The second kappa shape index (κ2) is 5.93. The molecule has 0 unspecified atom stereocenters. The third kappa shape index (κ3) is 2.98. The first kappa shape index (κ1) is 13.7. The molecule has 0 aliphatic carbocycles. The molecule has 102 valence electrons. The monoisotopic (exact) mass is 271 g/mol. The number of anilines is 3. The molecule has 0 aliphatic rings. The second-order valence-electron chi connectivity index (χ2n) is 4.12. The van der Waals surface area contributed by atoms with E-state index in [1.165, 1.54) is 6.07 Å². The van der Waals surface area contributed by atoms with E-state index in [-0.39, 0.29) is 5.75 Å². The number of rotatable bonds is 4. The molecule has 2 rings (SSSR count). The molecule has 5 heteroatoms. The van der Waals surface area contributed by atoms with E-state index in [1.54, 1.807) is 37.3 Å². The van der Waals surface area contributed by atoms with E-state index in [9.17, 15) is 4.39 Å². The standard InChI is InChI=1S/C15H14FN3O/c1-2-20-15-6-4-12(8-13(15)16)19-14-5-3-11(18)7-10(14)9-17/h3-8,19H,2,18H2,1H3. The van der Waals surface area contributed by atoms with Crippen LogP contribution in [0.3, 0.4) is 0 Å². The zero-order chi connectivity index (χ0) is 14.5. The van der Waals surface area contributed by atoms with Crippen LogP contribution in [0.25, 0.3) is 0 Å². The van der Waals surface area contributed by atoms with E-state index in [1.807, 2.05) is 6.07 Å². The van der Waals surface area contributed by atoms with Gasteiger partial charge in [-0.2, -0.15) is 5.26 Å². The minimum Gasteiger partial charge on any atom is -0.491 e. The van der Waals surface area contributed by atoms with Gasteiger partial charge in [0.15, 0.2) is 11.6 Å². The predicted octanol–water partition coefficient (Wildman–Crippen LogP) is 3.42. The zero-order valence-electron chi connectivity index (χ0n) is 11.0. The smallest absolute Gasteiger partial charge is 0.167 e. The third-order valence-electron chi connectivity index (χ3n) is 2.67. The molecule has 0 saturated heterocycles. The fourth-order valence-electron chi connectivity index (χ4n) is 1.77. The highest BCUT2D eigenvalue weighted by Gasteiger charge is 2.07. The summed E-state index contributed by atoms with van der Waals surface area (Å²) in [6.45, 7) is 2.19. The maximum absolute atomic E-state index is 13.7. The molecule has 0 aromatic heterocycles. The fraction of sp³-hybridized carbons (Fsp3) is 0.133. The Morgan fingerprint density at radius 2 is 2.10 bits per heavy atom. The van der Waals surface area contributed by atoms with E-state index in [2.05, 4.69) is 5.32 Å². The molecule has 2 aromatic rings. The van der Waals surface area contributed by atoms with Crippen LogP contribution in [-0.2, 0) is 0 Å². The highest BCUT2D eigenvalue weighted by atomic mass is 19.1. The van der Waals surface area contributed by atoms with E-state index in [4.69, 9.17) is 15.7 Å². The molecule has 20 heavy (non-hydrogen) atoms. The fourth-order valence-corrected chi connectivity index (χ4v) is 1.77. The van der Waals surface area contributed by atoms with Crippen molar-refractivity contribution in [3.05, 3.63) is 47.8 Å². The number of nitrogens with one attached hydrogen (secondary N) is 1. The van der Waals surface area contributed by atoms with Crippen LogP contribution in [0.1, 0.15) is 12.5 Å². The molecule has 4 nitrogen and oxygen atoms in total. The molecular weight excluding hydrogens is 257 g/mol. The topological polar surface area (TPSA) is 71.1 Å². The lowest BCUT2D eigenvalue weighted by Crippen LogP contribution is -1.98. The van der Waals surface area contributed by atoms with Gasteiger partial charge in [-0.05, 0) is 37.3 Å². The summed E-state index contributed by atoms with van der Waals surface area (Å²) in [4.78, 5) is 0. The lowest BCUT2D eigenvalue weighted by Gasteiger charge is -2.10. The van der Waals surface area contributed by atoms with E-state index >= 15 is 0 Å². The Morgan fingerprint density at radius 1 is 1.30 bits per heavy atom. The number of nitrogens with two attached hydrogens (primary N) is 1. The summed E-state index contributed by atoms with van der Waals surface area (Å²) >= 11 is 0. The molecule has 0 bridgehead atoms. The van der Waals surface area contributed by atoms with E-state index < -0.39 is 5.82 Å². The van der Waals surface area contributed by atoms with Crippen molar-refractivity contribution in [2.75, 3.05) is 17.7 Å². The van der Waals surface area contributed by atoms with Crippen LogP contribution in [-0.4, -0.2) is 6.61 Å². The third-order valence-corrected chi connectivity index (χ3v) is 2.67. The summed E-state index contributed by atoms with van der Waals surface area (Å²) < 4.78 is 18.9. The Balaban J connectivity index is 2.27. The Hall–Kier alpha value is -2.74. The largest absolute Gasteiger partial charge is 0.491 e. The van der Waals surface area contributed by atoms with Gasteiger partial charge in [-0.1, -0.05) is 0 Å². The van der Waals surface area contributed by atoms with Crippen molar-refractivity contribution < 1.29 is 9.13 Å². The van der Waals surface area contributed by atoms with Gasteiger partial charge in [0.25, 0.3) is 0 Å². The number of nitrogen functional groups attached to an aromatic ring is 1. The van der Waals surface area contributed by atoms with Gasteiger partial charge >= 0.3 is 0 Å². The van der Waals surface area contributed by atoms with Gasteiger partial charge < -0.3 is 15.8 Å². The normalized spacial score (nSPS) is 9.85. The molecular formula is C15H14FN3O. The molecule has 0 fully saturated rings. The van der Waals surface area contributed by atoms with Gasteiger partial charge in [0.1, 0.15) is 6.07 Å². The number of nitriles is 1. The molecule has 0 radical (unpaired) electrons. The molecule has 0 amide bonds. The summed E-state index contributed by atoms with van der Waals surface area (Å²) in [5.74, 6) is -0.248. The molecule has 0 atom stereocenters. The predicted molar refractivity (Wildman–Crippen MR) is 76.4 cm³/mol. The van der Waals surface area contributed by atoms with Crippen molar-refractivity contribution >= 4 is 17.1 Å². The van der Waals surface area contributed by atoms with Crippen LogP contribution in [0.15, 0.2) is 36.4 Å². The van der Waals surface area contributed by atoms with Gasteiger partial charge in [0, 0.05) is 17.4 Å². The Morgan fingerprint density at radius 3 is 2.75 bits per heavy atom. The first-order valence-corrected chi connectivity index (χ1v) is 6.13. The van der Waals surface area contributed by atoms with Gasteiger partial charge in [0.2, 0.25) is 0 Å². The highest BCUT2D eigenvalue weighted by Crippen LogP contribution is 2.26. The zero-order valence-corrected chi connectivity index (χ0v) is 11.0. The maximum atomic E-state index is 13.7. The summed E-state index contributed by atoms with van der Waals surface area (Å²) in [6.07, 6.45) is 0. The summed E-state index contributed by atoms with van der Waals surface area (Å²) in [7, 11) is 0. The summed E-state index contributed by atoms with van der Waals surface area (Å²) in [6, 6.07) is 11.5. The van der Waals surface area contributed by atoms with Crippen LogP contribution < -0.4 is 15.8 Å². The average molecular weight is 271 g/mol. The first-order valence-electron chi connectivity index (χ1n) is 6.13. The molecule has 2 aromatic carbocycles. The quantitative estimate of drug-likeness (QED) is 0.836. The lowest BCUT2D eigenvalue weighted by atomic mass is 10.1.